The maximum absolute atomic E-state index is 5.83. The smallest absolute Gasteiger partial charge is 0.0576 e. The average molecular weight is 293 g/mol. The van der Waals surface area contributed by atoms with Crippen LogP contribution >= 0.6 is 0 Å². The minimum atomic E-state index is 0.567. The Hall–Kier alpha value is -0.0800. The molecule has 1 heterocycles. The van der Waals surface area contributed by atoms with Crippen molar-refractivity contribution in [2.75, 3.05) is 13.2 Å². The number of fused-ring (bicyclic) bond motifs is 1. The monoisotopic (exact) mass is 293 g/mol. The molecule has 1 saturated heterocycles. The molecular weight excluding hydrogens is 258 g/mol. The first-order valence-electron chi connectivity index (χ1n) is 9.71. The van der Waals surface area contributed by atoms with Crippen molar-refractivity contribution in [3.63, 3.8) is 0 Å². The van der Waals surface area contributed by atoms with E-state index in [9.17, 15) is 0 Å². The lowest BCUT2D eigenvalue weighted by molar-refractivity contribution is 0.0826. The molecule has 5 unspecified atom stereocenters. The van der Waals surface area contributed by atoms with Crippen LogP contribution in [0.15, 0.2) is 0 Å². The summed E-state index contributed by atoms with van der Waals surface area (Å²) in [7, 11) is 0. The minimum absolute atomic E-state index is 0.567. The molecule has 21 heavy (non-hydrogen) atoms. The van der Waals surface area contributed by atoms with Crippen LogP contribution in [0.25, 0.3) is 0 Å². The van der Waals surface area contributed by atoms with Gasteiger partial charge in [-0.05, 0) is 69.2 Å². The normalized spacial score (nSPS) is 38.1. The van der Waals surface area contributed by atoms with Crippen molar-refractivity contribution in [3.8, 4) is 0 Å². The van der Waals surface area contributed by atoms with Gasteiger partial charge in [0.1, 0.15) is 0 Å². The highest BCUT2D eigenvalue weighted by Gasteiger charge is 2.35. The van der Waals surface area contributed by atoms with E-state index in [-0.39, 0.29) is 0 Å². The molecule has 2 aliphatic carbocycles. The zero-order valence-electron chi connectivity index (χ0n) is 14.0. The molecule has 0 aromatic carbocycles. The van der Waals surface area contributed by atoms with Crippen LogP contribution in [0.5, 0.6) is 0 Å². The van der Waals surface area contributed by atoms with Crippen molar-refractivity contribution in [1.82, 2.24) is 5.32 Å². The lowest BCUT2D eigenvalue weighted by Crippen LogP contribution is -2.41. The molecule has 2 saturated carbocycles. The Morgan fingerprint density at radius 1 is 1.00 bits per heavy atom. The van der Waals surface area contributed by atoms with Crippen molar-refractivity contribution in [1.29, 1.82) is 0 Å². The van der Waals surface area contributed by atoms with Crippen LogP contribution in [-0.4, -0.2) is 25.3 Å². The van der Waals surface area contributed by atoms with Gasteiger partial charge in [0, 0.05) is 12.6 Å². The Balaban J connectivity index is 1.50. The second kappa shape index (κ2) is 7.97. The highest BCUT2D eigenvalue weighted by atomic mass is 16.5. The maximum atomic E-state index is 5.83. The van der Waals surface area contributed by atoms with Crippen LogP contribution in [-0.2, 0) is 4.74 Å². The van der Waals surface area contributed by atoms with Gasteiger partial charge in [-0.2, -0.15) is 0 Å². The Labute approximate surface area is 131 Å². The van der Waals surface area contributed by atoms with Gasteiger partial charge in [0.2, 0.25) is 0 Å². The summed E-state index contributed by atoms with van der Waals surface area (Å²) in [6.45, 7) is 4.40. The van der Waals surface area contributed by atoms with Crippen molar-refractivity contribution >= 4 is 0 Å². The molecule has 0 bridgehead atoms. The molecule has 0 spiro atoms. The van der Waals surface area contributed by atoms with E-state index in [0.29, 0.717) is 6.10 Å². The zero-order chi connectivity index (χ0) is 14.5. The number of hydrogen-bond donors (Lipinski definition) is 1. The first-order valence-corrected chi connectivity index (χ1v) is 9.71. The van der Waals surface area contributed by atoms with Crippen LogP contribution < -0.4 is 5.32 Å². The van der Waals surface area contributed by atoms with Gasteiger partial charge in [-0.15, -0.1) is 0 Å². The SMILES string of the molecule is CCNC(CCC1CCCO1)C1CCC2CCCCC2C1. The number of nitrogens with one attached hydrogen (secondary N) is 1. The first kappa shape index (κ1) is 15.8. The van der Waals surface area contributed by atoms with Crippen molar-refractivity contribution in [2.45, 2.75) is 89.7 Å². The lowest BCUT2D eigenvalue weighted by Gasteiger charge is -2.42. The van der Waals surface area contributed by atoms with Crippen molar-refractivity contribution < 1.29 is 4.74 Å². The topological polar surface area (TPSA) is 21.3 Å². The summed E-state index contributed by atoms with van der Waals surface area (Å²) in [6.07, 6.45) is 16.3. The summed E-state index contributed by atoms with van der Waals surface area (Å²) in [5.74, 6) is 3.07. The summed E-state index contributed by atoms with van der Waals surface area (Å²) >= 11 is 0. The molecule has 1 N–H and O–H groups in total. The quantitative estimate of drug-likeness (QED) is 0.777. The van der Waals surface area contributed by atoms with Crippen LogP contribution in [0.2, 0.25) is 0 Å². The second-order valence-corrected chi connectivity index (χ2v) is 7.75. The van der Waals surface area contributed by atoms with E-state index in [1.165, 1.54) is 70.6 Å². The summed E-state index contributed by atoms with van der Waals surface area (Å²) in [6, 6.07) is 0.752. The van der Waals surface area contributed by atoms with Gasteiger partial charge in [0.05, 0.1) is 6.10 Å². The van der Waals surface area contributed by atoms with Gasteiger partial charge in [0.25, 0.3) is 0 Å². The molecule has 0 amide bonds. The van der Waals surface area contributed by atoms with Gasteiger partial charge in [0.15, 0.2) is 0 Å². The van der Waals surface area contributed by atoms with Crippen molar-refractivity contribution in [2.24, 2.45) is 17.8 Å². The minimum Gasteiger partial charge on any atom is -0.378 e. The Kier molecular flexibility index (Phi) is 5.99. The lowest BCUT2D eigenvalue weighted by atomic mass is 9.65. The van der Waals surface area contributed by atoms with E-state index in [1.807, 2.05) is 0 Å². The number of hydrogen-bond acceptors (Lipinski definition) is 2. The Bertz CT molecular complexity index is 300. The third kappa shape index (κ3) is 4.22. The molecule has 0 aromatic heterocycles. The van der Waals surface area contributed by atoms with Gasteiger partial charge >= 0.3 is 0 Å². The average Bonchev–Trinajstić information content (AvgIpc) is 3.04. The van der Waals surface area contributed by atoms with Crippen LogP contribution in [0.1, 0.15) is 77.6 Å². The van der Waals surface area contributed by atoms with E-state index >= 15 is 0 Å². The van der Waals surface area contributed by atoms with Crippen LogP contribution in [0, 0.1) is 17.8 Å². The first-order chi connectivity index (χ1) is 10.4. The molecule has 122 valence electrons. The molecule has 2 nitrogen and oxygen atoms in total. The van der Waals surface area contributed by atoms with Gasteiger partial charge in [-0.3, -0.25) is 0 Å². The van der Waals surface area contributed by atoms with Gasteiger partial charge < -0.3 is 10.1 Å². The molecule has 0 aromatic rings. The highest BCUT2D eigenvalue weighted by Crippen LogP contribution is 2.44. The van der Waals surface area contributed by atoms with E-state index in [2.05, 4.69) is 12.2 Å². The van der Waals surface area contributed by atoms with E-state index < -0.39 is 0 Å². The van der Waals surface area contributed by atoms with Gasteiger partial charge in [-0.25, -0.2) is 0 Å². The molecule has 3 fully saturated rings. The fourth-order valence-electron chi connectivity index (χ4n) is 5.28. The van der Waals surface area contributed by atoms with Crippen LogP contribution in [0.4, 0.5) is 0 Å². The fourth-order valence-corrected chi connectivity index (χ4v) is 5.28. The Morgan fingerprint density at radius 2 is 1.86 bits per heavy atom. The second-order valence-electron chi connectivity index (χ2n) is 7.75. The fraction of sp³-hybridized carbons (Fsp3) is 1.00. The predicted octanol–water partition coefficient (Wildman–Crippen LogP) is 4.53. The van der Waals surface area contributed by atoms with Gasteiger partial charge in [-0.1, -0.05) is 32.6 Å². The molecule has 3 aliphatic rings. The summed E-state index contributed by atoms with van der Waals surface area (Å²) in [5, 5.41) is 3.82. The molecule has 3 rings (SSSR count). The number of ether oxygens (including phenoxy) is 1. The van der Waals surface area contributed by atoms with Crippen molar-refractivity contribution in [3.05, 3.63) is 0 Å². The third-order valence-electron chi connectivity index (χ3n) is 6.44. The van der Waals surface area contributed by atoms with E-state index in [4.69, 9.17) is 4.74 Å². The number of rotatable bonds is 6. The molecular formula is C19H35NO. The molecule has 2 heteroatoms. The van der Waals surface area contributed by atoms with E-state index in [0.717, 1.165) is 36.9 Å². The maximum Gasteiger partial charge on any atom is 0.0576 e. The summed E-state index contributed by atoms with van der Waals surface area (Å²) in [4.78, 5) is 0. The molecule has 0 radical (unpaired) electrons. The Morgan fingerprint density at radius 3 is 2.62 bits per heavy atom. The standard InChI is InChI=1S/C19H35NO/c1-2-20-19(12-11-18-8-5-13-21-18)17-10-9-15-6-3-4-7-16(15)14-17/h15-20H,2-14H2,1H3. The summed E-state index contributed by atoms with van der Waals surface area (Å²) < 4.78 is 5.83. The highest BCUT2D eigenvalue weighted by molar-refractivity contribution is 4.88. The third-order valence-corrected chi connectivity index (χ3v) is 6.44. The molecule has 1 aliphatic heterocycles. The predicted molar refractivity (Wildman–Crippen MR) is 88.5 cm³/mol. The summed E-state index contributed by atoms with van der Waals surface area (Å²) in [5.41, 5.74) is 0. The van der Waals surface area contributed by atoms with E-state index in [1.54, 1.807) is 0 Å². The zero-order valence-corrected chi connectivity index (χ0v) is 14.0. The van der Waals surface area contributed by atoms with Crippen LogP contribution in [0.3, 0.4) is 0 Å². The molecule has 5 atom stereocenters. The largest absolute Gasteiger partial charge is 0.378 e.